The molecule has 0 spiro atoms. The maximum atomic E-state index is 10.8. The number of rotatable bonds is 3. The van der Waals surface area contributed by atoms with Gasteiger partial charge in [0.25, 0.3) is 0 Å². The van der Waals surface area contributed by atoms with E-state index < -0.39 is 5.97 Å². The lowest BCUT2D eigenvalue weighted by atomic mass is 10.1. The molecule has 1 fully saturated rings. The van der Waals surface area contributed by atoms with Crippen LogP contribution >= 0.6 is 0 Å². The number of pyridine rings is 1. The highest BCUT2D eigenvalue weighted by Crippen LogP contribution is 2.23. The van der Waals surface area contributed by atoms with Crippen LogP contribution in [0, 0.1) is 13.8 Å². The summed E-state index contributed by atoms with van der Waals surface area (Å²) in [5.74, 6) is 0.222. The van der Waals surface area contributed by atoms with Gasteiger partial charge >= 0.3 is 5.97 Å². The summed E-state index contributed by atoms with van der Waals surface area (Å²) in [6.45, 7) is 7.50. The van der Waals surface area contributed by atoms with E-state index in [9.17, 15) is 4.79 Å². The van der Waals surface area contributed by atoms with Crippen molar-refractivity contribution in [3.8, 4) is 0 Å². The van der Waals surface area contributed by atoms with Gasteiger partial charge in [0.2, 0.25) is 0 Å². The third-order valence-electron chi connectivity index (χ3n) is 4.43. The molecule has 0 atom stereocenters. The Labute approximate surface area is 130 Å². The molecule has 116 valence electrons. The van der Waals surface area contributed by atoms with E-state index in [2.05, 4.69) is 43.0 Å². The minimum atomic E-state index is -0.761. The van der Waals surface area contributed by atoms with E-state index in [0.29, 0.717) is 0 Å². The fourth-order valence-electron chi connectivity index (χ4n) is 2.92. The molecule has 1 aromatic carbocycles. The first-order valence-corrected chi connectivity index (χ1v) is 7.60. The Balaban J connectivity index is 1.80. The summed E-state index contributed by atoms with van der Waals surface area (Å²) in [5, 5.41) is 10.0. The summed E-state index contributed by atoms with van der Waals surface area (Å²) in [6.07, 6.45) is 0. The van der Waals surface area contributed by atoms with Gasteiger partial charge in [0.1, 0.15) is 5.82 Å². The van der Waals surface area contributed by atoms with Crippen molar-refractivity contribution in [1.82, 2.24) is 9.88 Å². The Hall–Kier alpha value is -2.14. The van der Waals surface area contributed by atoms with Crippen molar-refractivity contribution in [3.05, 3.63) is 35.4 Å². The van der Waals surface area contributed by atoms with Crippen molar-refractivity contribution in [2.24, 2.45) is 0 Å². The molecule has 1 aromatic heterocycles. The second-order valence-corrected chi connectivity index (χ2v) is 5.91. The van der Waals surface area contributed by atoms with Crippen LogP contribution < -0.4 is 4.90 Å². The number of hydrogen-bond acceptors (Lipinski definition) is 4. The van der Waals surface area contributed by atoms with Crippen LogP contribution in [0.2, 0.25) is 0 Å². The van der Waals surface area contributed by atoms with Crippen LogP contribution in [-0.2, 0) is 4.79 Å². The summed E-state index contributed by atoms with van der Waals surface area (Å²) in [6, 6.07) is 8.42. The molecule has 1 aliphatic heterocycles. The number of hydrogen-bond donors (Lipinski definition) is 1. The lowest BCUT2D eigenvalue weighted by Gasteiger charge is -2.34. The molecule has 0 bridgehead atoms. The summed E-state index contributed by atoms with van der Waals surface area (Å²) in [7, 11) is 0. The molecule has 0 amide bonds. The smallest absolute Gasteiger partial charge is 0.317 e. The number of fused-ring (bicyclic) bond motifs is 1. The van der Waals surface area contributed by atoms with Crippen LogP contribution in [0.4, 0.5) is 5.82 Å². The first kappa shape index (κ1) is 14.8. The SMILES string of the molecule is Cc1ccc2ccc(N3CCN(CC(=O)O)CC3)nc2c1C. The number of aryl methyl sites for hydroxylation is 2. The van der Waals surface area contributed by atoms with Crippen LogP contribution in [0.5, 0.6) is 0 Å². The number of benzene rings is 1. The van der Waals surface area contributed by atoms with Crippen molar-refractivity contribution < 1.29 is 9.90 Å². The van der Waals surface area contributed by atoms with Crippen LogP contribution in [0.15, 0.2) is 24.3 Å². The molecular weight excluding hydrogens is 278 g/mol. The average Bonchev–Trinajstić information content (AvgIpc) is 2.51. The van der Waals surface area contributed by atoms with E-state index in [1.165, 1.54) is 11.1 Å². The monoisotopic (exact) mass is 299 g/mol. The molecule has 2 aromatic rings. The van der Waals surface area contributed by atoms with Gasteiger partial charge in [-0.3, -0.25) is 9.69 Å². The lowest BCUT2D eigenvalue weighted by molar-refractivity contribution is -0.138. The van der Waals surface area contributed by atoms with E-state index >= 15 is 0 Å². The fourth-order valence-corrected chi connectivity index (χ4v) is 2.92. The number of aromatic nitrogens is 1. The highest BCUT2D eigenvalue weighted by molar-refractivity contribution is 5.84. The summed E-state index contributed by atoms with van der Waals surface area (Å²) in [5.41, 5.74) is 3.54. The number of carbonyl (C=O) groups is 1. The predicted octanol–water partition coefficient (Wildman–Crippen LogP) is 2.06. The largest absolute Gasteiger partial charge is 0.480 e. The highest BCUT2D eigenvalue weighted by atomic mass is 16.4. The summed E-state index contributed by atoms with van der Waals surface area (Å²) < 4.78 is 0. The minimum Gasteiger partial charge on any atom is -0.480 e. The number of anilines is 1. The number of carboxylic acid groups (broad SMARTS) is 1. The minimum absolute atomic E-state index is 0.122. The zero-order valence-corrected chi connectivity index (χ0v) is 13.0. The zero-order valence-electron chi connectivity index (χ0n) is 13.0. The van der Waals surface area contributed by atoms with Gasteiger partial charge in [0, 0.05) is 31.6 Å². The van der Waals surface area contributed by atoms with Crippen molar-refractivity contribution in [2.45, 2.75) is 13.8 Å². The number of carboxylic acids is 1. The van der Waals surface area contributed by atoms with Crippen molar-refractivity contribution in [1.29, 1.82) is 0 Å². The van der Waals surface area contributed by atoms with E-state index in [-0.39, 0.29) is 6.54 Å². The van der Waals surface area contributed by atoms with E-state index in [1.807, 2.05) is 4.90 Å². The second kappa shape index (κ2) is 5.93. The standard InChI is InChI=1S/C17H21N3O2/c1-12-3-4-14-5-6-15(18-17(14)13(12)2)20-9-7-19(8-10-20)11-16(21)22/h3-6H,7-11H2,1-2H3,(H,21,22). The Morgan fingerprint density at radius 3 is 2.50 bits per heavy atom. The Morgan fingerprint density at radius 2 is 1.82 bits per heavy atom. The third kappa shape index (κ3) is 2.90. The van der Waals surface area contributed by atoms with E-state index in [0.717, 1.165) is 42.9 Å². The summed E-state index contributed by atoms with van der Waals surface area (Å²) >= 11 is 0. The highest BCUT2D eigenvalue weighted by Gasteiger charge is 2.19. The maximum absolute atomic E-state index is 10.8. The second-order valence-electron chi connectivity index (χ2n) is 5.91. The molecule has 2 heterocycles. The topological polar surface area (TPSA) is 56.7 Å². The lowest BCUT2D eigenvalue weighted by Crippen LogP contribution is -2.48. The van der Waals surface area contributed by atoms with Crippen molar-refractivity contribution in [2.75, 3.05) is 37.6 Å². The normalized spacial score (nSPS) is 16.2. The van der Waals surface area contributed by atoms with Gasteiger partial charge in [-0.15, -0.1) is 0 Å². The molecule has 1 saturated heterocycles. The van der Waals surface area contributed by atoms with Crippen molar-refractivity contribution in [3.63, 3.8) is 0 Å². The molecule has 0 aliphatic carbocycles. The first-order valence-electron chi connectivity index (χ1n) is 7.60. The Bertz CT molecular complexity index is 706. The van der Waals surface area contributed by atoms with Gasteiger partial charge in [0.15, 0.2) is 0 Å². The number of nitrogens with zero attached hydrogens (tertiary/aromatic N) is 3. The van der Waals surface area contributed by atoms with Crippen LogP contribution in [0.3, 0.4) is 0 Å². The van der Waals surface area contributed by atoms with Gasteiger partial charge in [-0.2, -0.15) is 0 Å². The van der Waals surface area contributed by atoms with Gasteiger partial charge in [-0.05, 0) is 37.1 Å². The average molecular weight is 299 g/mol. The predicted molar refractivity (Wildman–Crippen MR) is 87.5 cm³/mol. The molecular formula is C17H21N3O2. The maximum Gasteiger partial charge on any atom is 0.317 e. The zero-order chi connectivity index (χ0) is 15.7. The van der Waals surface area contributed by atoms with E-state index in [1.54, 1.807) is 0 Å². The molecule has 0 radical (unpaired) electrons. The molecule has 0 unspecified atom stereocenters. The molecule has 1 aliphatic rings. The van der Waals surface area contributed by atoms with Gasteiger partial charge < -0.3 is 10.0 Å². The van der Waals surface area contributed by atoms with Crippen LogP contribution in [-0.4, -0.2) is 53.7 Å². The Kier molecular flexibility index (Phi) is 3.98. The van der Waals surface area contributed by atoms with Gasteiger partial charge in [-0.25, -0.2) is 4.98 Å². The molecule has 3 rings (SSSR count). The molecule has 0 saturated carbocycles. The van der Waals surface area contributed by atoms with Gasteiger partial charge in [0.05, 0.1) is 12.1 Å². The van der Waals surface area contributed by atoms with Crippen molar-refractivity contribution >= 4 is 22.7 Å². The first-order chi connectivity index (χ1) is 10.5. The Morgan fingerprint density at radius 1 is 1.14 bits per heavy atom. The molecule has 5 heteroatoms. The molecule has 5 nitrogen and oxygen atoms in total. The fraction of sp³-hybridized carbons (Fsp3) is 0.412. The van der Waals surface area contributed by atoms with E-state index in [4.69, 9.17) is 10.1 Å². The van der Waals surface area contributed by atoms with Gasteiger partial charge in [-0.1, -0.05) is 12.1 Å². The van der Waals surface area contributed by atoms with Crippen LogP contribution in [0.25, 0.3) is 10.9 Å². The van der Waals surface area contributed by atoms with Crippen LogP contribution in [0.1, 0.15) is 11.1 Å². The summed E-state index contributed by atoms with van der Waals surface area (Å²) in [4.78, 5) is 19.8. The molecule has 1 N–H and O–H groups in total. The quantitative estimate of drug-likeness (QED) is 0.940. The number of piperazine rings is 1. The molecule has 22 heavy (non-hydrogen) atoms. The number of aliphatic carboxylic acids is 1. The third-order valence-corrected chi connectivity index (χ3v) is 4.43.